The average molecular weight is 369 g/mol. The van der Waals surface area contributed by atoms with Crippen molar-refractivity contribution in [2.24, 2.45) is 0 Å². The fraction of sp³-hybridized carbons (Fsp3) is 0.524. The maximum absolute atomic E-state index is 4.89. The molecule has 0 saturated carbocycles. The fourth-order valence-electron chi connectivity index (χ4n) is 4.07. The summed E-state index contributed by atoms with van der Waals surface area (Å²) >= 11 is 1.77. The summed E-state index contributed by atoms with van der Waals surface area (Å²) in [5.41, 5.74) is 1.33. The van der Waals surface area contributed by atoms with Gasteiger partial charge in [0.1, 0.15) is 10.8 Å². The summed E-state index contributed by atoms with van der Waals surface area (Å²) in [6, 6.07) is 11.3. The van der Waals surface area contributed by atoms with E-state index >= 15 is 0 Å². The molecule has 2 aliphatic heterocycles. The SMILES string of the molecule is c1ccc(CSc2cncc(N3CCCC(N4CCCC4)CC3)n2)cc1. The third-order valence-corrected chi connectivity index (χ3v) is 6.48. The van der Waals surface area contributed by atoms with E-state index in [9.17, 15) is 0 Å². The molecular formula is C21H28N4S. The van der Waals surface area contributed by atoms with Crippen molar-refractivity contribution in [1.29, 1.82) is 0 Å². The van der Waals surface area contributed by atoms with Crippen LogP contribution in [0.25, 0.3) is 0 Å². The molecule has 2 fully saturated rings. The van der Waals surface area contributed by atoms with Crippen molar-refractivity contribution in [3.63, 3.8) is 0 Å². The monoisotopic (exact) mass is 368 g/mol. The number of rotatable bonds is 5. The quantitative estimate of drug-likeness (QED) is 0.738. The zero-order chi connectivity index (χ0) is 17.6. The lowest BCUT2D eigenvalue weighted by molar-refractivity contribution is 0.225. The van der Waals surface area contributed by atoms with Gasteiger partial charge in [0.05, 0.1) is 12.4 Å². The van der Waals surface area contributed by atoms with Gasteiger partial charge >= 0.3 is 0 Å². The number of hydrogen-bond acceptors (Lipinski definition) is 5. The summed E-state index contributed by atoms with van der Waals surface area (Å²) in [5.74, 6) is 1.99. The summed E-state index contributed by atoms with van der Waals surface area (Å²) in [4.78, 5) is 14.5. The lowest BCUT2D eigenvalue weighted by atomic mass is 10.1. The molecule has 0 amide bonds. The van der Waals surface area contributed by atoms with Crippen LogP contribution in [0, 0.1) is 0 Å². The summed E-state index contributed by atoms with van der Waals surface area (Å²) in [6.45, 7) is 4.81. The second kappa shape index (κ2) is 8.87. The predicted octanol–water partition coefficient (Wildman–Crippen LogP) is 4.22. The van der Waals surface area contributed by atoms with Crippen molar-refractivity contribution in [1.82, 2.24) is 14.9 Å². The topological polar surface area (TPSA) is 32.3 Å². The van der Waals surface area contributed by atoms with E-state index in [2.05, 4.69) is 45.1 Å². The van der Waals surface area contributed by atoms with E-state index in [1.165, 1.54) is 50.8 Å². The van der Waals surface area contributed by atoms with Gasteiger partial charge in [-0.05, 0) is 50.8 Å². The lowest BCUT2D eigenvalue weighted by Gasteiger charge is -2.26. The third-order valence-electron chi connectivity index (χ3n) is 5.51. The molecule has 3 heterocycles. The number of thioether (sulfide) groups is 1. The van der Waals surface area contributed by atoms with Crippen LogP contribution in [0.4, 0.5) is 5.82 Å². The molecule has 138 valence electrons. The Bertz CT molecular complexity index is 687. The van der Waals surface area contributed by atoms with Gasteiger partial charge in [0.15, 0.2) is 0 Å². The molecule has 1 atom stereocenters. The van der Waals surface area contributed by atoms with Crippen LogP contribution in [0.15, 0.2) is 47.8 Å². The van der Waals surface area contributed by atoms with Crippen molar-refractivity contribution in [2.45, 2.75) is 48.9 Å². The summed E-state index contributed by atoms with van der Waals surface area (Å²) in [6.07, 6.45) is 10.4. The summed E-state index contributed by atoms with van der Waals surface area (Å²) in [5, 5.41) is 1.02. The Morgan fingerprint density at radius 1 is 0.923 bits per heavy atom. The Morgan fingerprint density at radius 2 is 1.77 bits per heavy atom. The van der Waals surface area contributed by atoms with Crippen LogP contribution in [-0.2, 0) is 5.75 Å². The first-order valence-electron chi connectivity index (χ1n) is 9.86. The van der Waals surface area contributed by atoms with Crippen molar-refractivity contribution in [3.05, 3.63) is 48.3 Å². The molecule has 4 rings (SSSR count). The van der Waals surface area contributed by atoms with Gasteiger partial charge in [-0.1, -0.05) is 30.3 Å². The summed E-state index contributed by atoms with van der Waals surface area (Å²) in [7, 11) is 0. The van der Waals surface area contributed by atoms with E-state index in [0.717, 1.165) is 35.7 Å². The molecule has 1 aromatic heterocycles. The molecular weight excluding hydrogens is 340 g/mol. The highest BCUT2D eigenvalue weighted by molar-refractivity contribution is 7.98. The van der Waals surface area contributed by atoms with Crippen LogP contribution in [0.5, 0.6) is 0 Å². The van der Waals surface area contributed by atoms with E-state index in [1.54, 1.807) is 11.8 Å². The summed E-state index contributed by atoms with van der Waals surface area (Å²) < 4.78 is 0. The largest absolute Gasteiger partial charge is 0.355 e. The lowest BCUT2D eigenvalue weighted by Crippen LogP contribution is -2.34. The molecule has 4 nitrogen and oxygen atoms in total. The molecule has 1 unspecified atom stereocenters. The van der Waals surface area contributed by atoms with Gasteiger partial charge in [-0.3, -0.25) is 4.98 Å². The van der Waals surface area contributed by atoms with Gasteiger partial charge in [-0.2, -0.15) is 0 Å². The first-order valence-corrected chi connectivity index (χ1v) is 10.8. The highest BCUT2D eigenvalue weighted by atomic mass is 32.2. The van der Waals surface area contributed by atoms with Crippen molar-refractivity contribution in [3.8, 4) is 0 Å². The Hall–Kier alpha value is -1.59. The highest BCUT2D eigenvalue weighted by Gasteiger charge is 2.25. The standard InChI is InChI=1S/C21H28N4S/c1-2-7-18(8-3-1)17-26-21-16-22-15-20(23-21)25-13-6-9-19(10-14-25)24-11-4-5-12-24/h1-3,7-8,15-16,19H,4-6,9-14,17H2. The van der Waals surface area contributed by atoms with Gasteiger partial charge < -0.3 is 9.80 Å². The molecule has 5 heteroatoms. The molecule has 1 aromatic carbocycles. The molecule has 2 saturated heterocycles. The maximum atomic E-state index is 4.89. The smallest absolute Gasteiger partial charge is 0.148 e. The fourth-order valence-corrected chi connectivity index (χ4v) is 4.87. The van der Waals surface area contributed by atoms with Crippen LogP contribution in [0.1, 0.15) is 37.7 Å². The predicted molar refractivity (Wildman–Crippen MR) is 109 cm³/mol. The van der Waals surface area contributed by atoms with E-state index in [0.29, 0.717) is 0 Å². The van der Waals surface area contributed by atoms with E-state index in [-0.39, 0.29) is 0 Å². The average Bonchev–Trinajstić information content (AvgIpc) is 3.12. The number of likely N-dealkylation sites (tertiary alicyclic amines) is 1. The van der Waals surface area contributed by atoms with Crippen LogP contribution < -0.4 is 4.90 Å². The zero-order valence-corrected chi connectivity index (χ0v) is 16.2. The first-order chi connectivity index (χ1) is 12.9. The Labute approximate surface area is 161 Å². The van der Waals surface area contributed by atoms with Gasteiger partial charge in [-0.25, -0.2) is 4.98 Å². The van der Waals surface area contributed by atoms with Gasteiger partial charge in [0.2, 0.25) is 0 Å². The number of anilines is 1. The van der Waals surface area contributed by atoms with Crippen LogP contribution in [0.2, 0.25) is 0 Å². The maximum Gasteiger partial charge on any atom is 0.148 e. The molecule has 26 heavy (non-hydrogen) atoms. The van der Waals surface area contributed by atoms with E-state index in [4.69, 9.17) is 4.98 Å². The van der Waals surface area contributed by atoms with Crippen molar-refractivity contribution < 1.29 is 0 Å². The second-order valence-electron chi connectivity index (χ2n) is 7.30. The second-order valence-corrected chi connectivity index (χ2v) is 8.30. The number of benzene rings is 1. The molecule has 0 radical (unpaired) electrons. The third kappa shape index (κ3) is 4.57. The normalized spacial score (nSPS) is 21.7. The molecule has 0 aliphatic carbocycles. The number of nitrogens with zero attached hydrogens (tertiary/aromatic N) is 4. The Kier molecular flexibility index (Phi) is 6.07. The molecule has 0 bridgehead atoms. The number of hydrogen-bond donors (Lipinski definition) is 0. The Balaban J connectivity index is 1.36. The van der Waals surface area contributed by atoms with E-state index < -0.39 is 0 Å². The molecule has 2 aliphatic rings. The van der Waals surface area contributed by atoms with Crippen LogP contribution in [0.3, 0.4) is 0 Å². The minimum atomic E-state index is 0.770. The van der Waals surface area contributed by atoms with Gasteiger partial charge in [0.25, 0.3) is 0 Å². The minimum absolute atomic E-state index is 0.770. The van der Waals surface area contributed by atoms with Gasteiger partial charge in [-0.15, -0.1) is 11.8 Å². The number of aromatic nitrogens is 2. The molecule has 2 aromatic rings. The molecule has 0 N–H and O–H groups in total. The van der Waals surface area contributed by atoms with Crippen molar-refractivity contribution in [2.75, 3.05) is 31.1 Å². The molecule has 0 spiro atoms. The minimum Gasteiger partial charge on any atom is -0.355 e. The first kappa shape index (κ1) is 17.8. The zero-order valence-electron chi connectivity index (χ0n) is 15.4. The van der Waals surface area contributed by atoms with Crippen molar-refractivity contribution >= 4 is 17.6 Å². The highest BCUT2D eigenvalue weighted by Crippen LogP contribution is 2.26. The van der Waals surface area contributed by atoms with Crippen LogP contribution >= 0.6 is 11.8 Å². The van der Waals surface area contributed by atoms with E-state index in [1.807, 2.05) is 12.4 Å². The van der Waals surface area contributed by atoms with Crippen LogP contribution in [-0.4, -0.2) is 47.1 Å². The Morgan fingerprint density at radius 3 is 2.62 bits per heavy atom. The van der Waals surface area contributed by atoms with Gasteiger partial charge in [0, 0.05) is 24.9 Å².